The molecule has 1 saturated heterocycles. The molecule has 1 fully saturated rings. The predicted molar refractivity (Wildman–Crippen MR) is 62.8 cm³/mol. The molecule has 0 aliphatic carbocycles. The Morgan fingerprint density at radius 3 is 3.00 bits per heavy atom. The first-order valence-corrected chi connectivity index (χ1v) is 5.65. The van der Waals surface area contributed by atoms with E-state index in [1.807, 2.05) is 23.1 Å². The van der Waals surface area contributed by atoms with Crippen LogP contribution >= 0.6 is 0 Å². The van der Waals surface area contributed by atoms with Crippen molar-refractivity contribution >= 4 is 16.8 Å². The van der Waals surface area contributed by atoms with Gasteiger partial charge in [-0.3, -0.25) is 9.89 Å². The molecule has 1 amide bonds. The van der Waals surface area contributed by atoms with Crippen LogP contribution in [0.5, 0.6) is 0 Å². The molecule has 1 N–H and O–H groups in total. The van der Waals surface area contributed by atoms with Crippen LogP contribution in [0.2, 0.25) is 0 Å². The first-order valence-electron chi connectivity index (χ1n) is 5.65. The van der Waals surface area contributed by atoms with E-state index in [0.717, 1.165) is 10.9 Å². The van der Waals surface area contributed by atoms with Gasteiger partial charge in [0.2, 0.25) is 0 Å². The fourth-order valence-corrected chi connectivity index (χ4v) is 2.08. The summed E-state index contributed by atoms with van der Waals surface area (Å²) in [6, 6.07) is 5.65. The van der Waals surface area contributed by atoms with E-state index in [1.165, 1.54) is 0 Å². The van der Waals surface area contributed by atoms with Crippen LogP contribution in [0.1, 0.15) is 10.4 Å². The quantitative estimate of drug-likeness (QED) is 0.797. The van der Waals surface area contributed by atoms with E-state index in [1.54, 1.807) is 6.20 Å². The summed E-state index contributed by atoms with van der Waals surface area (Å²) in [5.41, 5.74) is 1.49. The Morgan fingerprint density at radius 1 is 1.35 bits per heavy atom. The van der Waals surface area contributed by atoms with Crippen LogP contribution in [0.4, 0.5) is 0 Å². The molecular formula is C12H13N3O2. The maximum Gasteiger partial charge on any atom is 0.256 e. The molecule has 0 unspecified atom stereocenters. The molecular weight excluding hydrogens is 218 g/mol. The van der Waals surface area contributed by atoms with E-state index in [9.17, 15) is 4.79 Å². The number of nitrogens with zero attached hydrogens (tertiary/aromatic N) is 2. The third-order valence-corrected chi connectivity index (χ3v) is 3.01. The number of aromatic nitrogens is 2. The highest BCUT2D eigenvalue weighted by Crippen LogP contribution is 2.17. The second-order valence-corrected chi connectivity index (χ2v) is 4.04. The average molecular weight is 231 g/mol. The van der Waals surface area contributed by atoms with Crippen molar-refractivity contribution in [3.8, 4) is 0 Å². The van der Waals surface area contributed by atoms with Gasteiger partial charge < -0.3 is 9.64 Å². The van der Waals surface area contributed by atoms with Crippen LogP contribution < -0.4 is 0 Å². The number of hydrogen-bond acceptors (Lipinski definition) is 3. The highest BCUT2D eigenvalue weighted by atomic mass is 16.5. The normalized spacial score (nSPS) is 16.4. The summed E-state index contributed by atoms with van der Waals surface area (Å²) in [5.74, 6) is 0.0446. The van der Waals surface area contributed by atoms with Gasteiger partial charge in [0.05, 0.1) is 30.5 Å². The Morgan fingerprint density at radius 2 is 2.18 bits per heavy atom. The van der Waals surface area contributed by atoms with Crippen LogP contribution in [-0.2, 0) is 4.74 Å². The molecule has 0 atom stereocenters. The van der Waals surface area contributed by atoms with Gasteiger partial charge in [-0.25, -0.2) is 0 Å². The summed E-state index contributed by atoms with van der Waals surface area (Å²) in [4.78, 5) is 14.2. The van der Waals surface area contributed by atoms with Gasteiger partial charge in [-0.05, 0) is 6.07 Å². The lowest BCUT2D eigenvalue weighted by atomic mass is 10.1. The van der Waals surface area contributed by atoms with Crippen LogP contribution in [0.3, 0.4) is 0 Å². The molecule has 2 heterocycles. The van der Waals surface area contributed by atoms with Crippen LogP contribution in [0, 0.1) is 0 Å². The van der Waals surface area contributed by atoms with Crippen molar-refractivity contribution in [2.75, 3.05) is 26.3 Å². The zero-order valence-electron chi connectivity index (χ0n) is 9.35. The number of fused-ring (bicyclic) bond motifs is 1. The summed E-state index contributed by atoms with van der Waals surface area (Å²) in [6.07, 6.45) is 1.73. The smallest absolute Gasteiger partial charge is 0.256 e. The number of carbonyl (C=O) groups is 1. The third kappa shape index (κ3) is 1.78. The summed E-state index contributed by atoms with van der Waals surface area (Å²) in [5, 5.41) is 7.81. The van der Waals surface area contributed by atoms with E-state index < -0.39 is 0 Å². The molecule has 1 aromatic heterocycles. The van der Waals surface area contributed by atoms with Crippen molar-refractivity contribution in [3.63, 3.8) is 0 Å². The van der Waals surface area contributed by atoms with Crippen LogP contribution in [0.25, 0.3) is 10.9 Å². The van der Waals surface area contributed by atoms with Gasteiger partial charge in [0, 0.05) is 18.5 Å². The van der Waals surface area contributed by atoms with Crippen molar-refractivity contribution in [2.24, 2.45) is 0 Å². The lowest BCUT2D eigenvalue weighted by Crippen LogP contribution is -2.40. The Bertz CT molecular complexity index is 543. The van der Waals surface area contributed by atoms with Crippen molar-refractivity contribution in [2.45, 2.75) is 0 Å². The fourth-order valence-electron chi connectivity index (χ4n) is 2.08. The van der Waals surface area contributed by atoms with Gasteiger partial charge in [-0.2, -0.15) is 5.10 Å². The molecule has 0 spiro atoms. The minimum atomic E-state index is 0.0446. The van der Waals surface area contributed by atoms with Crippen molar-refractivity contribution < 1.29 is 9.53 Å². The number of H-pyrrole nitrogens is 1. The van der Waals surface area contributed by atoms with Gasteiger partial charge in [-0.15, -0.1) is 0 Å². The van der Waals surface area contributed by atoms with E-state index >= 15 is 0 Å². The number of nitrogens with one attached hydrogen (secondary N) is 1. The monoisotopic (exact) mass is 231 g/mol. The summed E-state index contributed by atoms with van der Waals surface area (Å²) in [7, 11) is 0. The molecule has 5 nitrogen and oxygen atoms in total. The zero-order chi connectivity index (χ0) is 11.7. The molecule has 5 heteroatoms. The Hall–Kier alpha value is -1.88. The maximum absolute atomic E-state index is 12.3. The minimum absolute atomic E-state index is 0.0446. The van der Waals surface area contributed by atoms with E-state index in [4.69, 9.17) is 4.74 Å². The van der Waals surface area contributed by atoms with Crippen LogP contribution in [-0.4, -0.2) is 47.3 Å². The van der Waals surface area contributed by atoms with Crippen molar-refractivity contribution in [1.29, 1.82) is 0 Å². The van der Waals surface area contributed by atoms with Crippen LogP contribution in [0.15, 0.2) is 24.4 Å². The number of ether oxygens (including phenoxy) is 1. The van der Waals surface area contributed by atoms with Gasteiger partial charge in [0.1, 0.15) is 0 Å². The van der Waals surface area contributed by atoms with E-state index in [0.29, 0.717) is 31.9 Å². The minimum Gasteiger partial charge on any atom is -0.378 e. The molecule has 1 aliphatic heterocycles. The summed E-state index contributed by atoms with van der Waals surface area (Å²) in [6.45, 7) is 2.54. The molecule has 0 bridgehead atoms. The van der Waals surface area contributed by atoms with Gasteiger partial charge in [-0.1, -0.05) is 12.1 Å². The highest BCUT2D eigenvalue weighted by molar-refractivity contribution is 6.05. The molecule has 0 saturated carbocycles. The zero-order valence-corrected chi connectivity index (χ0v) is 9.35. The van der Waals surface area contributed by atoms with E-state index in [2.05, 4.69) is 10.2 Å². The number of rotatable bonds is 1. The molecule has 17 heavy (non-hydrogen) atoms. The second kappa shape index (κ2) is 4.18. The lowest BCUT2D eigenvalue weighted by Gasteiger charge is -2.26. The number of hydrogen-bond donors (Lipinski definition) is 1. The lowest BCUT2D eigenvalue weighted by molar-refractivity contribution is 0.0304. The first-order chi connectivity index (χ1) is 8.36. The Kier molecular flexibility index (Phi) is 2.53. The maximum atomic E-state index is 12.3. The predicted octanol–water partition coefficient (Wildman–Crippen LogP) is 1.04. The molecule has 1 aliphatic rings. The number of amides is 1. The van der Waals surface area contributed by atoms with Crippen molar-refractivity contribution in [3.05, 3.63) is 30.0 Å². The van der Waals surface area contributed by atoms with Gasteiger partial charge >= 0.3 is 0 Å². The van der Waals surface area contributed by atoms with Crippen molar-refractivity contribution in [1.82, 2.24) is 15.1 Å². The number of benzene rings is 1. The third-order valence-electron chi connectivity index (χ3n) is 3.01. The standard InChI is InChI=1S/C12H13N3O2/c16-12(15-4-6-17-7-5-15)10-3-1-2-9-8-13-14-11(9)10/h1-3,8H,4-7H2,(H,13,14). The first kappa shape index (κ1) is 10.3. The number of carbonyl (C=O) groups excluding carboxylic acids is 1. The largest absolute Gasteiger partial charge is 0.378 e. The molecule has 0 radical (unpaired) electrons. The Labute approximate surface area is 98.4 Å². The molecule has 88 valence electrons. The number of morpholine rings is 1. The fraction of sp³-hybridized carbons (Fsp3) is 0.333. The summed E-state index contributed by atoms with van der Waals surface area (Å²) < 4.78 is 5.24. The van der Waals surface area contributed by atoms with Gasteiger partial charge in [0.15, 0.2) is 0 Å². The highest BCUT2D eigenvalue weighted by Gasteiger charge is 2.20. The second-order valence-electron chi connectivity index (χ2n) is 4.04. The molecule has 1 aromatic carbocycles. The number of aromatic amines is 1. The van der Waals surface area contributed by atoms with E-state index in [-0.39, 0.29) is 5.91 Å². The summed E-state index contributed by atoms with van der Waals surface area (Å²) >= 11 is 0. The molecule has 2 aromatic rings. The Balaban J connectivity index is 1.97. The SMILES string of the molecule is O=C(c1cccc2cn[nH]c12)N1CCOCC1. The molecule has 3 rings (SSSR count). The number of para-hydroxylation sites is 1. The topological polar surface area (TPSA) is 58.2 Å². The van der Waals surface area contributed by atoms with Gasteiger partial charge in [0.25, 0.3) is 5.91 Å². The average Bonchev–Trinajstić information content (AvgIpc) is 2.87.